The van der Waals surface area contributed by atoms with Crippen molar-refractivity contribution < 1.29 is 9.26 Å². The van der Waals surface area contributed by atoms with Crippen LogP contribution in [0.15, 0.2) is 22.7 Å². The molecule has 0 bridgehead atoms. The van der Waals surface area contributed by atoms with Crippen molar-refractivity contribution in [3.8, 4) is 28.1 Å². The van der Waals surface area contributed by atoms with Crippen molar-refractivity contribution in [3.05, 3.63) is 35.5 Å². The zero-order valence-corrected chi connectivity index (χ0v) is 15.6. The molecule has 0 spiro atoms. The lowest BCUT2D eigenvalue weighted by molar-refractivity contribution is 0.393. The first kappa shape index (κ1) is 17.7. The Balaban J connectivity index is 2.12. The topological polar surface area (TPSA) is 99.8 Å². The number of methoxy groups -OCH3 is 1. The summed E-state index contributed by atoms with van der Waals surface area (Å²) < 4.78 is 10.9. The van der Waals surface area contributed by atoms with Gasteiger partial charge in [0.05, 0.1) is 24.7 Å². The van der Waals surface area contributed by atoms with Crippen LogP contribution in [0.4, 0.5) is 5.82 Å². The SMILES string of the molecule is COc1cc(-c2c(C)noc2C)ccc1-c1[nH]c(C=N)nc1NC(C)C. The monoisotopic (exact) mass is 353 g/mol. The van der Waals surface area contributed by atoms with Crippen molar-refractivity contribution in [2.45, 2.75) is 33.7 Å². The standard InChI is InChI=1S/C19H23N5O2/c1-10(2)21-19-18(22-16(9-20)23-19)14-7-6-13(8-15(14)25-5)17-11(3)24-26-12(17)4/h6-10,20-21H,1-5H3,(H,22,23). The maximum Gasteiger partial charge on any atom is 0.153 e. The number of aryl methyl sites for hydroxylation is 2. The molecule has 7 nitrogen and oxygen atoms in total. The Morgan fingerprint density at radius 1 is 1.31 bits per heavy atom. The number of hydrogen-bond donors (Lipinski definition) is 3. The molecule has 3 aromatic rings. The summed E-state index contributed by atoms with van der Waals surface area (Å²) >= 11 is 0. The second kappa shape index (κ2) is 7.03. The fourth-order valence-electron chi connectivity index (χ4n) is 2.98. The van der Waals surface area contributed by atoms with E-state index in [4.69, 9.17) is 14.7 Å². The van der Waals surface area contributed by atoms with Gasteiger partial charge in [-0.3, -0.25) is 0 Å². The molecule has 136 valence electrons. The van der Waals surface area contributed by atoms with Gasteiger partial charge in [-0.05, 0) is 45.4 Å². The van der Waals surface area contributed by atoms with Crippen molar-refractivity contribution in [1.82, 2.24) is 15.1 Å². The molecule has 7 heteroatoms. The van der Waals surface area contributed by atoms with Crippen molar-refractivity contribution >= 4 is 12.0 Å². The Morgan fingerprint density at radius 2 is 2.08 bits per heavy atom. The normalized spacial score (nSPS) is 11.0. The Bertz CT molecular complexity index is 920. The molecule has 0 aliphatic heterocycles. The molecular weight excluding hydrogens is 330 g/mol. The van der Waals surface area contributed by atoms with Crippen LogP contribution in [0.25, 0.3) is 22.4 Å². The lowest BCUT2D eigenvalue weighted by Gasteiger charge is -2.13. The van der Waals surface area contributed by atoms with E-state index >= 15 is 0 Å². The van der Waals surface area contributed by atoms with Gasteiger partial charge < -0.3 is 25.0 Å². The highest BCUT2D eigenvalue weighted by atomic mass is 16.5. The quantitative estimate of drug-likeness (QED) is 0.577. The third-order valence-electron chi connectivity index (χ3n) is 4.08. The van der Waals surface area contributed by atoms with E-state index in [1.807, 2.05) is 45.9 Å². The Kier molecular flexibility index (Phi) is 4.79. The highest BCUT2D eigenvalue weighted by Gasteiger charge is 2.19. The van der Waals surface area contributed by atoms with Crippen LogP contribution >= 0.6 is 0 Å². The minimum absolute atomic E-state index is 0.211. The molecule has 2 heterocycles. The van der Waals surface area contributed by atoms with Gasteiger partial charge in [-0.2, -0.15) is 0 Å². The average Bonchev–Trinajstić information content (AvgIpc) is 3.16. The van der Waals surface area contributed by atoms with Crippen LogP contribution in [0.5, 0.6) is 5.75 Å². The van der Waals surface area contributed by atoms with Gasteiger partial charge in [-0.1, -0.05) is 11.2 Å². The molecule has 0 unspecified atom stereocenters. The molecule has 0 radical (unpaired) electrons. The minimum atomic E-state index is 0.211. The fourth-order valence-corrected chi connectivity index (χ4v) is 2.98. The van der Waals surface area contributed by atoms with Crippen LogP contribution in [0.3, 0.4) is 0 Å². The third kappa shape index (κ3) is 3.20. The maximum absolute atomic E-state index is 7.48. The number of imidazole rings is 1. The van der Waals surface area contributed by atoms with Crippen LogP contribution in [0.1, 0.15) is 31.1 Å². The molecule has 3 N–H and O–H groups in total. The molecule has 26 heavy (non-hydrogen) atoms. The number of aromatic nitrogens is 3. The second-order valence-electron chi connectivity index (χ2n) is 6.40. The average molecular weight is 353 g/mol. The molecule has 0 atom stereocenters. The van der Waals surface area contributed by atoms with Gasteiger partial charge in [0.2, 0.25) is 0 Å². The van der Waals surface area contributed by atoms with Gasteiger partial charge in [0.1, 0.15) is 11.5 Å². The first-order valence-electron chi connectivity index (χ1n) is 8.43. The smallest absolute Gasteiger partial charge is 0.153 e. The number of rotatable bonds is 6. The minimum Gasteiger partial charge on any atom is -0.496 e. The highest BCUT2D eigenvalue weighted by molar-refractivity contribution is 5.84. The molecule has 3 rings (SSSR count). The van der Waals surface area contributed by atoms with E-state index in [1.54, 1.807) is 7.11 Å². The van der Waals surface area contributed by atoms with E-state index in [9.17, 15) is 0 Å². The summed E-state index contributed by atoms with van der Waals surface area (Å²) in [6.07, 6.45) is 1.19. The number of aromatic amines is 1. The predicted molar refractivity (Wildman–Crippen MR) is 102 cm³/mol. The molecule has 0 fully saturated rings. The third-order valence-corrected chi connectivity index (χ3v) is 4.08. The van der Waals surface area contributed by atoms with Gasteiger partial charge in [-0.15, -0.1) is 0 Å². The van der Waals surface area contributed by atoms with Crippen molar-refractivity contribution in [2.24, 2.45) is 0 Å². The summed E-state index contributed by atoms with van der Waals surface area (Å²) in [6, 6.07) is 6.16. The number of ether oxygens (including phenoxy) is 1. The largest absolute Gasteiger partial charge is 0.496 e. The predicted octanol–water partition coefficient (Wildman–Crippen LogP) is 4.18. The fraction of sp³-hybridized carbons (Fsp3) is 0.316. The van der Waals surface area contributed by atoms with E-state index in [0.29, 0.717) is 17.4 Å². The Hall–Kier alpha value is -3.09. The number of benzene rings is 1. The van der Waals surface area contributed by atoms with Crippen molar-refractivity contribution in [1.29, 1.82) is 5.41 Å². The first-order chi connectivity index (χ1) is 12.4. The maximum atomic E-state index is 7.48. The van der Waals surface area contributed by atoms with Crippen LogP contribution < -0.4 is 10.1 Å². The van der Waals surface area contributed by atoms with Crippen LogP contribution in [0, 0.1) is 19.3 Å². The van der Waals surface area contributed by atoms with E-state index in [1.165, 1.54) is 6.21 Å². The van der Waals surface area contributed by atoms with Gasteiger partial charge in [0.25, 0.3) is 0 Å². The molecule has 0 amide bonds. The first-order valence-corrected chi connectivity index (χ1v) is 8.43. The van der Waals surface area contributed by atoms with Crippen molar-refractivity contribution in [2.75, 3.05) is 12.4 Å². The summed E-state index contributed by atoms with van der Waals surface area (Å²) in [6.45, 7) is 7.90. The number of H-pyrrole nitrogens is 1. The number of anilines is 1. The van der Waals surface area contributed by atoms with Crippen molar-refractivity contribution in [3.63, 3.8) is 0 Å². The van der Waals surface area contributed by atoms with Gasteiger partial charge in [0, 0.05) is 17.2 Å². The molecule has 0 saturated heterocycles. The number of nitrogens with one attached hydrogen (secondary N) is 3. The van der Waals surface area contributed by atoms with E-state index in [0.717, 1.165) is 33.8 Å². The van der Waals surface area contributed by atoms with Crippen LogP contribution in [-0.2, 0) is 0 Å². The summed E-state index contributed by atoms with van der Waals surface area (Å²) in [5.41, 5.74) is 4.45. The molecule has 1 aromatic carbocycles. The van der Waals surface area contributed by atoms with E-state index in [2.05, 4.69) is 20.4 Å². The van der Waals surface area contributed by atoms with E-state index < -0.39 is 0 Å². The number of nitrogens with zero attached hydrogens (tertiary/aromatic N) is 2. The Morgan fingerprint density at radius 3 is 2.65 bits per heavy atom. The summed E-state index contributed by atoms with van der Waals surface area (Å²) in [7, 11) is 1.64. The molecule has 0 saturated carbocycles. The molecule has 0 aliphatic carbocycles. The highest BCUT2D eigenvalue weighted by Crippen LogP contribution is 2.38. The van der Waals surface area contributed by atoms with Gasteiger partial charge in [-0.25, -0.2) is 4.98 Å². The molecular formula is C19H23N5O2. The second-order valence-corrected chi connectivity index (χ2v) is 6.40. The van der Waals surface area contributed by atoms with Crippen LogP contribution in [0.2, 0.25) is 0 Å². The zero-order chi connectivity index (χ0) is 18.8. The lowest BCUT2D eigenvalue weighted by Crippen LogP contribution is -2.10. The summed E-state index contributed by atoms with van der Waals surface area (Å²) in [5.74, 6) is 2.66. The molecule has 2 aromatic heterocycles. The van der Waals surface area contributed by atoms with Crippen LogP contribution in [-0.4, -0.2) is 34.5 Å². The summed E-state index contributed by atoms with van der Waals surface area (Å²) in [4.78, 5) is 7.61. The Labute approximate surface area is 152 Å². The lowest BCUT2D eigenvalue weighted by atomic mass is 10.0. The number of hydrogen-bond acceptors (Lipinski definition) is 6. The molecule has 0 aliphatic rings. The van der Waals surface area contributed by atoms with Gasteiger partial charge in [0.15, 0.2) is 11.6 Å². The van der Waals surface area contributed by atoms with E-state index in [-0.39, 0.29) is 6.04 Å². The zero-order valence-electron chi connectivity index (χ0n) is 15.6. The summed E-state index contributed by atoms with van der Waals surface area (Å²) in [5, 5.41) is 14.8. The van der Waals surface area contributed by atoms with Gasteiger partial charge >= 0.3 is 0 Å².